The Bertz CT molecular complexity index is 1340. The lowest BCUT2D eigenvalue weighted by Gasteiger charge is -2.05. The van der Waals surface area contributed by atoms with E-state index in [1.165, 1.54) is 33.5 Å². The van der Waals surface area contributed by atoms with E-state index in [0.717, 1.165) is 24.3 Å². The minimum absolute atomic E-state index is 0.158. The summed E-state index contributed by atoms with van der Waals surface area (Å²) in [6.07, 6.45) is 4.95. The molecular formula is C28H25BrF6O3Si. The Balaban J connectivity index is 0.000000299. The van der Waals surface area contributed by atoms with Crippen LogP contribution in [-0.4, -0.2) is 29.4 Å². The van der Waals surface area contributed by atoms with Gasteiger partial charge in [0, 0.05) is 15.6 Å². The summed E-state index contributed by atoms with van der Waals surface area (Å²) in [4.78, 5) is 0. The number of halogens is 7. The third kappa shape index (κ3) is 10.6. The fourth-order valence-corrected chi connectivity index (χ4v) is 3.57. The summed E-state index contributed by atoms with van der Waals surface area (Å²) in [6.45, 7) is 6.20. The number of benzene rings is 3. The molecule has 39 heavy (non-hydrogen) atoms. The highest BCUT2D eigenvalue weighted by atomic mass is 79.9. The zero-order valence-corrected chi connectivity index (χ0v) is 24.5. The van der Waals surface area contributed by atoms with Gasteiger partial charge in [0.1, 0.15) is 8.07 Å². The number of hydrogen-bond donors (Lipinski definition) is 0. The van der Waals surface area contributed by atoms with E-state index >= 15 is 0 Å². The summed E-state index contributed by atoms with van der Waals surface area (Å²) < 4.78 is 91.6. The van der Waals surface area contributed by atoms with Crippen LogP contribution in [0.5, 0.6) is 17.2 Å². The molecule has 0 radical (unpaired) electrons. The van der Waals surface area contributed by atoms with Crippen molar-refractivity contribution in [2.45, 2.75) is 19.6 Å². The Labute approximate surface area is 233 Å². The van der Waals surface area contributed by atoms with Crippen LogP contribution in [0.2, 0.25) is 19.6 Å². The molecule has 0 heterocycles. The van der Waals surface area contributed by atoms with Gasteiger partial charge in [0.25, 0.3) is 0 Å². The van der Waals surface area contributed by atoms with Crippen molar-refractivity contribution in [3.8, 4) is 41.1 Å². The van der Waals surface area contributed by atoms with Crippen molar-refractivity contribution in [1.29, 1.82) is 0 Å². The molecular weight excluding hydrogens is 606 g/mol. The maximum absolute atomic E-state index is 13.3. The van der Waals surface area contributed by atoms with E-state index in [1.807, 2.05) is 0 Å². The fraction of sp³-hybridized carbons (Fsp3) is 0.214. The first kappa shape index (κ1) is 33.5. The summed E-state index contributed by atoms with van der Waals surface area (Å²) in [7, 11) is 2.11. The molecule has 0 spiro atoms. The molecule has 0 saturated carbocycles. The van der Waals surface area contributed by atoms with Crippen LogP contribution < -0.4 is 14.2 Å². The molecule has 208 valence electrons. The Hall–Kier alpha value is -3.54. The van der Waals surface area contributed by atoms with E-state index in [1.54, 1.807) is 0 Å². The molecule has 0 unspecified atom stereocenters. The maximum Gasteiger partial charge on any atom is 0.190 e. The minimum Gasteiger partial charge on any atom is -0.491 e. The molecule has 0 aliphatic carbocycles. The van der Waals surface area contributed by atoms with Crippen molar-refractivity contribution in [2.24, 2.45) is 0 Å². The monoisotopic (exact) mass is 630 g/mol. The SMILES string of the molecule is C#Cc1cc(F)c(OC)c(F)c1.COc1c(F)cc(Br)cc1F.COc1c(F)cc(C#C[Si](C)(C)C)cc1F. The van der Waals surface area contributed by atoms with Gasteiger partial charge in [-0.2, -0.15) is 0 Å². The first-order chi connectivity index (χ1) is 18.2. The van der Waals surface area contributed by atoms with Crippen LogP contribution in [-0.2, 0) is 0 Å². The van der Waals surface area contributed by atoms with E-state index in [4.69, 9.17) is 6.42 Å². The molecule has 0 aromatic heterocycles. The summed E-state index contributed by atoms with van der Waals surface area (Å²) in [5, 5.41) is 0. The molecule has 3 rings (SSSR count). The maximum atomic E-state index is 13.3. The topological polar surface area (TPSA) is 27.7 Å². The van der Waals surface area contributed by atoms with Gasteiger partial charge >= 0.3 is 0 Å². The molecule has 3 aromatic carbocycles. The molecule has 0 aliphatic heterocycles. The standard InChI is InChI=1S/C12H14F2OSi.C9H6F2O.C7H5BrF2O/c1-15-12-10(13)7-9(8-11(12)14)5-6-16(2,3)4;1-3-6-4-7(10)9(12-2)8(11)5-6;1-11-7-5(9)2-4(8)3-6(7)10/h7-8H,1-4H3;1,4-5H,2H3;2-3H,1H3. The molecule has 0 bridgehead atoms. The lowest BCUT2D eigenvalue weighted by atomic mass is 10.2. The van der Waals surface area contributed by atoms with Crippen molar-refractivity contribution in [3.63, 3.8) is 0 Å². The third-order valence-electron chi connectivity index (χ3n) is 4.32. The van der Waals surface area contributed by atoms with E-state index in [-0.39, 0.29) is 17.1 Å². The second-order valence-corrected chi connectivity index (χ2v) is 14.2. The highest BCUT2D eigenvalue weighted by molar-refractivity contribution is 9.10. The zero-order valence-electron chi connectivity index (χ0n) is 21.9. The van der Waals surface area contributed by atoms with Gasteiger partial charge in [-0.05, 0) is 36.4 Å². The Morgan fingerprint density at radius 1 is 0.615 bits per heavy atom. The number of hydrogen-bond acceptors (Lipinski definition) is 3. The Kier molecular flexibility index (Phi) is 13.0. The molecule has 0 atom stereocenters. The van der Waals surface area contributed by atoms with Gasteiger partial charge in [-0.25, -0.2) is 26.3 Å². The number of rotatable bonds is 3. The molecule has 0 aliphatic rings. The Morgan fingerprint density at radius 2 is 0.923 bits per heavy atom. The van der Waals surface area contributed by atoms with Gasteiger partial charge < -0.3 is 14.2 Å². The van der Waals surface area contributed by atoms with Crippen LogP contribution in [0, 0.1) is 58.7 Å². The van der Waals surface area contributed by atoms with Crippen LogP contribution in [0.25, 0.3) is 0 Å². The van der Waals surface area contributed by atoms with Crippen LogP contribution in [0.15, 0.2) is 40.9 Å². The Morgan fingerprint density at radius 3 is 1.21 bits per heavy atom. The second-order valence-electron chi connectivity index (χ2n) is 8.49. The lowest BCUT2D eigenvalue weighted by molar-refractivity contribution is 0.359. The largest absolute Gasteiger partial charge is 0.491 e. The normalized spacial score (nSPS) is 9.95. The molecule has 0 saturated heterocycles. The first-order valence-electron chi connectivity index (χ1n) is 10.9. The molecule has 0 fully saturated rings. The van der Waals surface area contributed by atoms with Crippen LogP contribution in [0.3, 0.4) is 0 Å². The predicted octanol–water partition coefficient (Wildman–Crippen LogP) is 7.89. The van der Waals surface area contributed by atoms with Gasteiger partial charge in [0.2, 0.25) is 0 Å². The van der Waals surface area contributed by atoms with Crippen LogP contribution >= 0.6 is 15.9 Å². The van der Waals surface area contributed by atoms with Crippen molar-refractivity contribution >= 4 is 24.0 Å². The molecule has 3 aromatic rings. The molecule has 11 heteroatoms. The third-order valence-corrected chi connectivity index (χ3v) is 5.65. The van der Waals surface area contributed by atoms with Gasteiger partial charge in [0.15, 0.2) is 52.2 Å². The van der Waals surface area contributed by atoms with Crippen LogP contribution in [0.4, 0.5) is 26.3 Å². The highest BCUT2D eigenvalue weighted by Gasteiger charge is 2.12. The van der Waals surface area contributed by atoms with E-state index in [2.05, 4.69) is 67.2 Å². The van der Waals surface area contributed by atoms with Gasteiger partial charge in [0.05, 0.1) is 21.3 Å². The van der Waals surface area contributed by atoms with Crippen LogP contribution in [0.1, 0.15) is 11.1 Å². The fourth-order valence-electron chi connectivity index (χ4n) is 2.65. The predicted molar refractivity (Wildman–Crippen MR) is 145 cm³/mol. The average molecular weight is 631 g/mol. The summed E-state index contributed by atoms with van der Waals surface area (Å²) >= 11 is 2.94. The summed E-state index contributed by atoms with van der Waals surface area (Å²) in [5.41, 5.74) is 3.55. The molecule has 0 amide bonds. The van der Waals surface area contributed by atoms with Crippen molar-refractivity contribution in [2.75, 3.05) is 21.3 Å². The second kappa shape index (κ2) is 15.1. The summed E-state index contributed by atoms with van der Waals surface area (Å²) in [5.74, 6) is -0.637. The van der Waals surface area contributed by atoms with E-state index in [9.17, 15) is 26.3 Å². The lowest BCUT2D eigenvalue weighted by Crippen LogP contribution is -2.16. The van der Waals surface area contributed by atoms with Gasteiger partial charge in [-0.15, -0.1) is 12.0 Å². The first-order valence-corrected chi connectivity index (χ1v) is 15.2. The molecule has 0 N–H and O–H groups in total. The molecule has 3 nitrogen and oxygen atoms in total. The van der Waals surface area contributed by atoms with Crippen molar-refractivity contribution < 1.29 is 40.6 Å². The van der Waals surface area contributed by atoms with E-state index in [0.29, 0.717) is 10.0 Å². The van der Waals surface area contributed by atoms with Crippen molar-refractivity contribution in [3.05, 3.63) is 86.9 Å². The van der Waals surface area contributed by atoms with Gasteiger partial charge in [-0.1, -0.05) is 47.4 Å². The quantitative estimate of drug-likeness (QED) is 0.167. The average Bonchev–Trinajstić information content (AvgIpc) is 2.82. The van der Waals surface area contributed by atoms with Crippen molar-refractivity contribution in [1.82, 2.24) is 0 Å². The van der Waals surface area contributed by atoms with Gasteiger partial charge in [-0.3, -0.25) is 0 Å². The summed E-state index contributed by atoms with van der Waals surface area (Å²) in [6, 6.07) is 6.75. The highest BCUT2D eigenvalue weighted by Crippen LogP contribution is 2.25. The number of ether oxygens (including phenoxy) is 3. The number of terminal acetylenes is 1. The minimum atomic E-state index is -1.53. The number of methoxy groups -OCH3 is 3. The smallest absolute Gasteiger partial charge is 0.190 e. The zero-order chi connectivity index (χ0) is 29.9. The van der Waals surface area contributed by atoms with E-state index < -0.39 is 48.7 Å².